The van der Waals surface area contributed by atoms with Crippen molar-refractivity contribution in [2.45, 2.75) is 25.4 Å². The van der Waals surface area contributed by atoms with Crippen LogP contribution in [-0.4, -0.2) is 102 Å². The van der Waals surface area contributed by atoms with Gasteiger partial charge in [-0.3, -0.25) is 4.90 Å². The highest BCUT2D eigenvalue weighted by atomic mass is 32.1. The number of nitrogens with two attached hydrogens (primary N) is 1. The van der Waals surface area contributed by atoms with Crippen LogP contribution in [0.3, 0.4) is 0 Å². The van der Waals surface area contributed by atoms with E-state index in [0.29, 0.717) is 25.1 Å². The molecule has 2 fully saturated rings. The smallest absolute Gasteiger partial charge is 0.219 e. The summed E-state index contributed by atoms with van der Waals surface area (Å²) in [4.78, 5) is 26.7. The second kappa shape index (κ2) is 11.1. The first-order valence-corrected chi connectivity index (χ1v) is 13.0. The van der Waals surface area contributed by atoms with Crippen molar-refractivity contribution in [3.63, 3.8) is 0 Å². The van der Waals surface area contributed by atoms with Gasteiger partial charge >= 0.3 is 0 Å². The van der Waals surface area contributed by atoms with E-state index in [1.165, 1.54) is 17.7 Å². The Kier molecular flexibility index (Phi) is 7.69. The molecule has 0 saturated carbocycles. The van der Waals surface area contributed by atoms with Crippen molar-refractivity contribution in [1.29, 1.82) is 0 Å². The van der Waals surface area contributed by atoms with Gasteiger partial charge in [0, 0.05) is 69.7 Å². The van der Waals surface area contributed by atoms with Gasteiger partial charge in [-0.15, -0.1) is 11.3 Å². The zero-order valence-corrected chi connectivity index (χ0v) is 21.3. The molecule has 0 atom stereocenters. The van der Waals surface area contributed by atoms with Crippen LogP contribution in [0.25, 0.3) is 21.6 Å². The van der Waals surface area contributed by atoms with Gasteiger partial charge in [-0.2, -0.15) is 0 Å². The fourth-order valence-electron chi connectivity index (χ4n) is 4.77. The molecule has 3 aromatic rings. The minimum absolute atomic E-state index is 0.245. The van der Waals surface area contributed by atoms with E-state index in [2.05, 4.69) is 37.8 Å². The lowest BCUT2D eigenvalue weighted by Gasteiger charge is -2.36. The Bertz CT molecular complexity index is 1110. The van der Waals surface area contributed by atoms with Crippen LogP contribution in [-0.2, 0) is 16.0 Å². The van der Waals surface area contributed by atoms with Crippen LogP contribution in [0.5, 0.6) is 0 Å². The highest BCUT2D eigenvalue weighted by molar-refractivity contribution is 7.19. The third-order valence-electron chi connectivity index (χ3n) is 6.85. The second-order valence-electron chi connectivity index (χ2n) is 9.21. The summed E-state index contributed by atoms with van der Waals surface area (Å²) >= 11 is 1.81. The van der Waals surface area contributed by atoms with Gasteiger partial charge in [0.15, 0.2) is 11.6 Å². The highest BCUT2D eigenvalue weighted by Crippen LogP contribution is 2.35. The average Bonchev–Trinajstić information content (AvgIpc) is 3.30. The first-order chi connectivity index (χ1) is 17.1. The Morgan fingerprint density at radius 3 is 2.60 bits per heavy atom. The van der Waals surface area contributed by atoms with E-state index < -0.39 is 0 Å². The Hall–Kier alpha value is -2.44. The van der Waals surface area contributed by atoms with E-state index in [1.54, 1.807) is 19.5 Å². The molecule has 2 saturated heterocycles. The third kappa shape index (κ3) is 5.70. The number of morpholine rings is 1. The van der Waals surface area contributed by atoms with Crippen molar-refractivity contribution in [2.24, 2.45) is 0 Å². The van der Waals surface area contributed by atoms with Crippen LogP contribution in [0.1, 0.15) is 17.7 Å². The van der Waals surface area contributed by atoms with E-state index in [4.69, 9.17) is 25.2 Å². The van der Waals surface area contributed by atoms with Crippen molar-refractivity contribution in [2.75, 3.05) is 77.3 Å². The number of nitrogen functional groups attached to an aromatic ring is 1. The largest absolute Gasteiger partial charge is 0.383 e. The van der Waals surface area contributed by atoms with Gasteiger partial charge in [-0.1, -0.05) is 0 Å². The van der Waals surface area contributed by atoms with E-state index in [1.807, 2.05) is 11.3 Å². The summed E-state index contributed by atoms with van der Waals surface area (Å²) in [5.74, 6) is 1.85. The molecular weight excluding hydrogens is 464 g/mol. The lowest BCUT2D eigenvalue weighted by molar-refractivity contribution is 0.0948. The standard InChI is InChI=1S/C24H34N8O2S/c1-30(7-10-33-2)18-3-5-31(6-4-18)16-19-13-20-21(35-19)23(32-8-11-34-12-9-32)29-22(28-20)17-14-26-24(25)27-15-17/h13-15,18H,3-12,16H2,1-2H3,(H2,25,26,27). The average molecular weight is 499 g/mol. The topological polar surface area (TPSA) is 106 Å². The molecule has 2 N–H and O–H groups in total. The molecule has 0 amide bonds. The SMILES string of the molecule is COCCN(C)C1CCN(Cc2cc3nc(-c4cnc(N)nc4)nc(N4CCOCC4)c3s2)CC1. The zero-order chi connectivity index (χ0) is 24.2. The number of nitrogens with zero attached hydrogens (tertiary/aromatic N) is 7. The van der Waals surface area contributed by atoms with Crippen LogP contribution >= 0.6 is 11.3 Å². The highest BCUT2D eigenvalue weighted by Gasteiger charge is 2.24. The molecular formula is C24H34N8O2S. The van der Waals surface area contributed by atoms with Crippen molar-refractivity contribution >= 4 is 33.3 Å². The van der Waals surface area contributed by atoms with Crippen LogP contribution in [0.4, 0.5) is 11.8 Å². The van der Waals surface area contributed by atoms with Gasteiger partial charge in [-0.25, -0.2) is 19.9 Å². The molecule has 0 aromatic carbocycles. The molecule has 3 aromatic heterocycles. The first kappa shape index (κ1) is 24.3. The van der Waals surface area contributed by atoms with E-state index in [-0.39, 0.29) is 5.95 Å². The number of piperidine rings is 1. The molecule has 10 nitrogen and oxygen atoms in total. The molecule has 5 heterocycles. The second-order valence-corrected chi connectivity index (χ2v) is 10.3. The number of rotatable bonds is 8. The zero-order valence-electron chi connectivity index (χ0n) is 20.5. The van der Waals surface area contributed by atoms with Gasteiger partial charge in [0.1, 0.15) is 0 Å². The molecule has 2 aliphatic rings. The number of ether oxygens (including phenoxy) is 2. The number of hydrogen-bond donors (Lipinski definition) is 1. The van der Waals surface area contributed by atoms with E-state index in [0.717, 1.165) is 67.5 Å². The van der Waals surface area contributed by atoms with Crippen LogP contribution in [0, 0.1) is 0 Å². The summed E-state index contributed by atoms with van der Waals surface area (Å²) in [7, 11) is 3.98. The normalized spacial score (nSPS) is 18.1. The summed E-state index contributed by atoms with van der Waals surface area (Å²) < 4.78 is 12.0. The third-order valence-corrected chi connectivity index (χ3v) is 7.96. The van der Waals surface area contributed by atoms with Crippen molar-refractivity contribution in [3.8, 4) is 11.4 Å². The number of aromatic nitrogens is 4. The van der Waals surface area contributed by atoms with Gasteiger partial charge in [0.2, 0.25) is 5.95 Å². The fourth-order valence-corrected chi connectivity index (χ4v) is 5.93. The van der Waals surface area contributed by atoms with Gasteiger partial charge in [0.05, 0.1) is 35.6 Å². The Labute approximate surface area is 210 Å². The van der Waals surface area contributed by atoms with Gasteiger partial charge in [0.25, 0.3) is 0 Å². The minimum Gasteiger partial charge on any atom is -0.383 e. The number of likely N-dealkylation sites (tertiary alicyclic amines) is 1. The number of anilines is 2. The van der Waals surface area contributed by atoms with Crippen molar-refractivity contribution in [1.82, 2.24) is 29.7 Å². The molecule has 5 rings (SSSR count). The van der Waals surface area contributed by atoms with Gasteiger partial charge < -0.3 is 25.0 Å². The Morgan fingerprint density at radius 1 is 1.14 bits per heavy atom. The summed E-state index contributed by atoms with van der Waals surface area (Å²) in [5, 5.41) is 0. The summed E-state index contributed by atoms with van der Waals surface area (Å²) in [6.07, 6.45) is 5.75. The molecule has 0 bridgehead atoms. The summed E-state index contributed by atoms with van der Waals surface area (Å²) in [5.41, 5.74) is 7.43. The lowest BCUT2D eigenvalue weighted by Crippen LogP contribution is -2.43. The monoisotopic (exact) mass is 498 g/mol. The first-order valence-electron chi connectivity index (χ1n) is 12.2. The molecule has 11 heteroatoms. The van der Waals surface area contributed by atoms with Crippen LogP contribution in [0.2, 0.25) is 0 Å². The van der Waals surface area contributed by atoms with Crippen LogP contribution in [0.15, 0.2) is 18.5 Å². The maximum Gasteiger partial charge on any atom is 0.219 e. The number of hydrogen-bond acceptors (Lipinski definition) is 11. The molecule has 0 radical (unpaired) electrons. The molecule has 0 aliphatic carbocycles. The Balaban J connectivity index is 1.36. The molecule has 2 aliphatic heterocycles. The number of fused-ring (bicyclic) bond motifs is 1. The minimum atomic E-state index is 0.245. The molecule has 188 valence electrons. The predicted octanol–water partition coefficient (Wildman–Crippen LogP) is 2.11. The number of methoxy groups -OCH3 is 1. The summed E-state index contributed by atoms with van der Waals surface area (Å²) in [6.45, 7) is 7.98. The fraction of sp³-hybridized carbons (Fsp3) is 0.583. The van der Waals surface area contributed by atoms with Crippen molar-refractivity contribution < 1.29 is 9.47 Å². The van der Waals surface area contributed by atoms with E-state index >= 15 is 0 Å². The van der Waals surface area contributed by atoms with Gasteiger partial charge in [-0.05, 0) is 26.0 Å². The maximum atomic E-state index is 5.68. The lowest BCUT2D eigenvalue weighted by atomic mass is 10.0. The van der Waals surface area contributed by atoms with Crippen LogP contribution < -0.4 is 10.6 Å². The maximum absolute atomic E-state index is 5.68. The van der Waals surface area contributed by atoms with Crippen molar-refractivity contribution in [3.05, 3.63) is 23.3 Å². The number of likely N-dealkylation sites (N-methyl/N-ethyl adjacent to an activating group) is 1. The Morgan fingerprint density at radius 2 is 1.89 bits per heavy atom. The molecule has 35 heavy (non-hydrogen) atoms. The summed E-state index contributed by atoms with van der Waals surface area (Å²) in [6, 6.07) is 2.86. The quantitative estimate of drug-likeness (QED) is 0.496. The number of thiophene rings is 1. The predicted molar refractivity (Wildman–Crippen MR) is 139 cm³/mol. The van der Waals surface area contributed by atoms with E-state index in [9.17, 15) is 0 Å². The molecule has 0 unspecified atom stereocenters. The molecule has 0 spiro atoms.